The average molecular weight is 727 g/mol. The summed E-state index contributed by atoms with van der Waals surface area (Å²) in [4.78, 5) is 61.6. The third kappa shape index (κ3) is 10.5. The fourth-order valence-electron chi connectivity index (χ4n) is 8.74. The zero-order valence-corrected chi connectivity index (χ0v) is 33.9. The first kappa shape index (κ1) is 43.7. The minimum atomic E-state index is -0.553. The van der Waals surface area contributed by atoms with Crippen molar-refractivity contribution in [1.29, 1.82) is 0 Å². The normalized spacial score (nSPS) is 23.5. The molecule has 0 unspecified atom stereocenters. The Morgan fingerprint density at radius 3 is 2.19 bits per heavy atom. The van der Waals surface area contributed by atoms with Crippen LogP contribution in [-0.4, -0.2) is 116 Å². The van der Waals surface area contributed by atoms with Crippen LogP contribution in [-0.2, 0) is 35.1 Å². The predicted molar refractivity (Wildman–Crippen MR) is 207 cm³/mol. The number of ketones is 2. The van der Waals surface area contributed by atoms with Crippen molar-refractivity contribution in [3.8, 4) is 0 Å². The summed E-state index contributed by atoms with van der Waals surface area (Å²) in [6.07, 6.45) is 4.50. The molecule has 2 heterocycles. The largest absolute Gasteiger partial charge is 0.379 e. The van der Waals surface area contributed by atoms with E-state index in [1.165, 1.54) is 0 Å². The zero-order valence-electron chi connectivity index (χ0n) is 33.9. The number of likely N-dealkylation sites (N-methyl/N-ethyl adjacent to an activating group) is 2. The van der Waals surface area contributed by atoms with Gasteiger partial charge in [0.15, 0.2) is 5.78 Å². The van der Waals surface area contributed by atoms with Crippen molar-refractivity contribution in [2.75, 3.05) is 47.9 Å². The number of nitrogens with two attached hydrogens (primary N) is 1. The van der Waals surface area contributed by atoms with E-state index < -0.39 is 29.6 Å². The summed E-state index contributed by atoms with van der Waals surface area (Å²) in [7, 11) is 7.02. The van der Waals surface area contributed by atoms with Gasteiger partial charge in [0, 0.05) is 52.5 Å². The van der Waals surface area contributed by atoms with E-state index in [-0.39, 0.29) is 66.1 Å². The van der Waals surface area contributed by atoms with Crippen LogP contribution in [0.1, 0.15) is 98.5 Å². The molecule has 1 aromatic rings. The van der Waals surface area contributed by atoms with E-state index in [0.29, 0.717) is 19.5 Å². The number of carbonyl (C=O) groups is 4. The second kappa shape index (κ2) is 20.1. The molecule has 2 fully saturated rings. The fraction of sp³-hybridized carbons (Fsp3) is 0.762. The molecule has 0 spiro atoms. The van der Waals surface area contributed by atoms with Gasteiger partial charge in [-0.1, -0.05) is 71.4 Å². The highest BCUT2D eigenvalue weighted by atomic mass is 16.5. The van der Waals surface area contributed by atoms with Crippen molar-refractivity contribution in [1.82, 2.24) is 14.7 Å². The first-order chi connectivity index (χ1) is 24.6. The standard InChI is InChI=1S/C42H70N4O6/c1-11-29(4)39(45(8)41(50)33(28(2)3)25-37(48)42(6)20-16-21-44(42)7)36(51-9)26-38(49)46-22-15-19-34(46)40(52-10)30(5)35(47)24-32(27-43)23-31-17-13-12-14-18-31/h12-14,17-18,28-30,32-34,36,39-40H,11,15-16,19-27,43H2,1-10H3/t29-,30-,32+,33-,34-,36+,39-,40+,42-/m0/s1. The monoisotopic (exact) mass is 727 g/mol. The number of nitrogens with zero attached hydrogens (tertiary/aromatic N) is 3. The zero-order chi connectivity index (χ0) is 38.7. The topological polar surface area (TPSA) is 122 Å². The lowest BCUT2D eigenvalue weighted by molar-refractivity contribution is -0.149. The van der Waals surface area contributed by atoms with Crippen LogP contribution in [0, 0.1) is 29.6 Å². The molecule has 0 radical (unpaired) electrons. The third-order valence-electron chi connectivity index (χ3n) is 12.7. The van der Waals surface area contributed by atoms with Crippen LogP contribution >= 0.6 is 0 Å². The summed E-state index contributed by atoms with van der Waals surface area (Å²) in [5.41, 5.74) is 6.72. The molecule has 10 nitrogen and oxygen atoms in total. The molecular formula is C42H70N4O6. The van der Waals surface area contributed by atoms with Gasteiger partial charge in [-0.3, -0.25) is 24.1 Å². The van der Waals surface area contributed by atoms with Gasteiger partial charge in [0.2, 0.25) is 11.8 Å². The maximum Gasteiger partial charge on any atom is 0.226 e. The fourth-order valence-corrected chi connectivity index (χ4v) is 8.74. The summed E-state index contributed by atoms with van der Waals surface area (Å²) in [5, 5.41) is 0. The molecule has 9 atom stereocenters. The number of carbonyl (C=O) groups excluding carboxylic acids is 4. The molecule has 2 N–H and O–H groups in total. The maximum atomic E-state index is 14.3. The molecular weight excluding hydrogens is 656 g/mol. The summed E-state index contributed by atoms with van der Waals surface area (Å²) in [6.45, 7) is 14.0. The van der Waals surface area contributed by atoms with Crippen LogP contribution in [0.15, 0.2) is 30.3 Å². The predicted octanol–water partition coefficient (Wildman–Crippen LogP) is 5.40. The number of rotatable bonds is 21. The van der Waals surface area contributed by atoms with E-state index >= 15 is 0 Å². The first-order valence-corrected chi connectivity index (χ1v) is 19.8. The molecule has 2 aliphatic rings. The highest BCUT2D eigenvalue weighted by Gasteiger charge is 2.45. The van der Waals surface area contributed by atoms with Crippen LogP contribution in [0.4, 0.5) is 0 Å². The van der Waals surface area contributed by atoms with E-state index in [1.807, 2.05) is 57.8 Å². The van der Waals surface area contributed by atoms with Crippen molar-refractivity contribution >= 4 is 23.4 Å². The number of hydrogen-bond donors (Lipinski definition) is 1. The minimum Gasteiger partial charge on any atom is -0.379 e. The number of amides is 2. The van der Waals surface area contributed by atoms with Crippen molar-refractivity contribution < 1.29 is 28.7 Å². The lowest BCUT2D eigenvalue weighted by Gasteiger charge is -2.41. The van der Waals surface area contributed by atoms with Gasteiger partial charge in [0.25, 0.3) is 0 Å². The summed E-state index contributed by atoms with van der Waals surface area (Å²) >= 11 is 0. The van der Waals surface area contributed by atoms with Gasteiger partial charge in [-0.15, -0.1) is 0 Å². The number of benzene rings is 1. The number of hydrogen-bond acceptors (Lipinski definition) is 8. The Morgan fingerprint density at radius 1 is 0.981 bits per heavy atom. The minimum absolute atomic E-state index is 0.0244. The quantitative estimate of drug-likeness (QED) is 0.179. The number of methoxy groups -OCH3 is 2. The molecule has 2 amide bonds. The smallest absolute Gasteiger partial charge is 0.226 e. The second-order valence-corrected chi connectivity index (χ2v) is 16.3. The van der Waals surface area contributed by atoms with Crippen LogP contribution in [0.25, 0.3) is 0 Å². The highest BCUT2D eigenvalue weighted by molar-refractivity contribution is 5.92. The summed E-state index contributed by atoms with van der Waals surface area (Å²) in [6, 6.07) is 9.48. The molecule has 294 valence electrons. The van der Waals surface area contributed by atoms with E-state index in [0.717, 1.165) is 50.6 Å². The van der Waals surface area contributed by atoms with Gasteiger partial charge in [-0.2, -0.15) is 0 Å². The Kier molecular flexibility index (Phi) is 16.9. The van der Waals surface area contributed by atoms with E-state index in [1.54, 1.807) is 26.2 Å². The van der Waals surface area contributed by atoms with Crippen molar-refractivity contribution in [3.63, 3.8) is 0 Å². The lowest BCUT2D eigenvalue weighted by Crippen LogP contribution is -2.54. The molecule has 1 aromatic carbocycles. The van der Waals surface area contributed by atoms with Gasteiger partial charge in [0.05, 0.1) is 36.3 Å². The van der Waals surface area contributed by atoms with Crippen molar-refractivity contribution in [2.24, 2.45) is 35.3 Å². The second-order valence-electron chi connectivity index (χ2n) is 16.3. The number of Topliss-reactive ketones (excluding diaryl/α,β-unsaturated/α-hetero) is 2. The van der Waals surface area contributed by atoms with E-state index in [9.17, 15) is 19.2 Å². The van der Waals surface area contributed by atoms with Crippen LogP contribution in [0.2, 0.25) is 0 Å². The van der Waals surface area contributed by atoms with Gasteiger partial charge in [-0.25, -0.2) is 0 Å². The molecule has 2 aliphatic heterocycles. The molecule has 10 heteroatoms. The van der Waals surface area contributed by atoms with E-state index in [4.69, 9.17) is 15.2 Å². The number of likely N-dealkylation sites (tertiary alicyclic amines) is 2. The van der Waals surface area contributed by atoms with Crippen LogP contribution < -0.4 is 5.73 Å². The molecule has 0 aromatic heterocycles. The Bertz CT molecular complexity index is 1310. The Labute approximate surface area is 314 Å². The average Bonchev–Trinajstić information content (AvgIpc) is 3.76. The highest BCUT2D eigenvalue weighted by Crippen LogP contribution is 2.34. The van der Waals surface area contributed by atoms with Gasteiger partial charge in [-0.05, 0) is 82.5 Å². The van der Waals surface area contributed by atoms with Crippen LogP contribution in [0.3, 0.4) is 0 Å². The van der Waals surface area contributed by atoms with Crippen molar-refractivity contribution in [2.45, 2.75) is 129 Å². The van der Waals surface area contributed by atoms with E-state index in [2.05, 4.69) is 30.9 Å². The molecule has 0 aliphatic carbocycles. The molecule has 52 heavy (non-hydrogen) atoms. The summed E-state index contributed by atoms with van der Waals surface area (Å²) < 4.78 is 12.1. The van der Waals surface area contributed by atoms with Gasteiger partial charge >= 0.3 is 0 Å². The molecule has 2 saturated heterocycles. The number of ether oxygens (including phenoxy) is 2. The molecule has 0 saturated carbocycles. The Balaban J connectivity index is 1.75. The SMILES string of the molecule is CC[C@H](C)[C@@H]([C@@H](CC(=O)N1CCC[C@H]1[C@H](OC)[C@@H](C)C(=O)C[C@H](CN)Cc1ccccc1)OC)N(C)C(=O)[C@@H](CC(=O)[C@]1(C)CCCN1C)C(C)C. The molecule has 0 bridgehead atoms. The van der Waals surface area contributed by atoms with Crippen LogP contribution in [0.5, 0.6) is 0 Å². The molecule has 3 rings (SSSR count). The van der Waals surface area contributed by atoms with Crippen molar-refractivity contribution in [3.05, 3.63) is 35.9 Å². The Hall–Kier alpha value is -2.66. The van der Waals surface area contributed by atoms with Gasteiger partial charge in [0.1, 0.15) is 5.78 Å². The lowest BCUT2D eigenvalue weighted by atomic mass is 9.81. The van der Waals surface area contributed by atoms with Gasteiger partial charge < -0.3 is 25.0 Å². The summed E-state index contributed by atoms with van der Waals surface area (Å²) in [5.74, 6) is -0.797. The third-order valence-corrected chi connectivity index (χ3v) is 12.7. The maximum absolute atomic E-state index is 14.3. The Morgan fingerprint density at radius 2 is 1.65 bits per heavy atom. The first-order valence-electron chi connectivity index (χ1n) is 19.8.